The number of ketones is 2. The maximum atomic E-state index is 13.2. The Labute approximate surface area is 835 Å². The zero-order chi connectivity index (χ0) is 104. The first-order valence-electron chi connectivity index (χ1n) is 44.7. The molecule has 0 bridgehead atoms. The van der Waals surface area contributed by atoms with Gasteiger partial charge in [-0.05, 0) is 104 Å². The topological polar surface area (TPSA) is 521 Å². The molecule has 14 heterocycles. The Kier molecular flexibility index (Phi) is 28.2. The van der Waals surface area contributed by atoms with Crippen molar-refractivity contribution < 1.29 is 95.9 Å². The number of carbonyl (C=O) groups is 20. The number of fused-ring (bicyclic) bond motifs is 7. The Morgan fingerprint density at radius 3 is 0.858 bits per heavy atom. The molecule has 1 N–H and O–H groups in total. The van der Waals surface area contributed by atoms with Crippen LogP contribution in [0.3, 0.4) is 0 Å². The second-order valence-corrected chi connectivity index (χ2v) is 32.7. The lowest BCUT2D eigenvalue weighted by atomic mass is 10.1. The van der Waals surface area contributed by atoms with Gasteiger partial charge >= 0.3 is 36.2 Å². The smallest absolute Gasteiger partial charge is 0.349 e. The van der Waals surface area contributed by atoms with E-state index in [-0.39, 0.29) is 99.8 Å². The van der Waals surface area contributed by atoms with Gasteiger partial charge in [0.15, 0.2) is 5.78 Å². The minimum absolute atomic E-state index is 0.00101. The van der Waals surface area contributed by atoms with Crippen LogP contribution in [0.25, 0.3) is 10.9 Å². The van der Waals surface area contributed by atoms with Crippen molar-refractivity contribution in [3.63, 3.8) is 0 Å². The number of nitrogens with zero attached hydrogens (tertiary/aromatic N) is 26. The SMILES string of the molecule is CC(=O)CCN(C(=O)n1ccnc1)N1C(=O)c2ccccc2C1=O.CC(=O)CN(C(=O)n1ccnc1)N1C(=O)c2ccccc2C1=O.CN(C(=O)n1ccnc1)N1C(=O)c2ccccc2C1=O.Cn1cncc1CN(C(=O)n1ccnc1)N1C(=O)c2ccccc2C1=O.O=C1c2ccccc2C(=O)N1N(Cc1c[nH]c2ccccc12)C(=O)n1ccnc1.O=C1c2ccccc2C(=O)N1N(Cc1ccccc1)C(=O)n1ccnc1. The molecule has 22 rings (SSSR count). The zero-order valence-corrected chi connectivity index (χ0v) is 78.2. The van der Waals surface area contributed by atoms with E-state index in [1.54, 1.807) is 152 Å². The van der Waals surface area contributed by atoms with Crippen molar-refractivity contribution in [2.45, 2.75) is 39.9 Å². The fourth-order valence-corrected chi connectivity index (χ4v) is 16.1. The molecule has 16 aromatic rings. The van der Waals surface area contributed by atoms with Crippen LogP contribution in [0, 0.1) is 0 Å². The van der Waals surface area contributed by atoms with Gasteiger partial charge in [-0.3, -0.25) is 94.5 Å². The van der Waals surface area contributed by atoms with Gasteiger partial charge in [-0.25, -0.2) is 93.7 Å². The molecule has 6 aliphatic rings. The van der Waals surface area contributed by atoms with Crippen molar-refractivity contribution in [2.75, 3.05) is 20.1 Å². The van der Waals surface area contributed by atoms with E-state index >= 15 is 0 Å². The van der Waals surface area contributed by atoms with Crippen molar-refractivity contribution in [1.29, 1.82) is 0 Å². The molecule has 0 fully saturated rings. The van der Waals surface area contributed by atoms with Gasteiger partial charge in [-0.2, -0.15) is 30.1 Å². The van der Waals surface area contributed by atoms with Crippen LogP contribution in [-0.2, 0) is 36.3 Å². The Balaban J connectivity index is 0.000000122. The maximum absolute atomic E-state index is 13.2. The van der Waals surface area contributed by atoms with E-state index in [4.69, 9.17) is 0 Å². The van der Waals surface area contributed by atoms with E-state index in [9.17, 15) is 95.9 Å². The average molecular weight is 1990 g/mol. The number of H-pyrrole nitrogens is 1. The first-order valence-corrected chi connectivity index (χ1v) is 44.7. The van der Waals surface area contributed by atoms with Crippen LogP contribution in [0.1, 0.15) is 161 Å². The summed E-state index contributed by atoms with van der Waals surface area (Å²) in [5, 5.41) is 12.1. The number of carbonyl (C=O) groups excluding carboxylic acids is 20. The highest BCUT2D eigenvalue weighted by Crippen LogP contribution is 2.34. The van der Waals surface area contributed by atoms with E-state index in [0.717, 1.165) is 86.3 Å². The highest BCUT2D eigenvalue weighted by Gasteiger charge is 2.49. The molecule has 47 nitrogen and oxygen atoms in total. The number of hydrazine groups is 6. The van der Waals surface area contributed by atoms with Gasteiger partial charge < -0.3 is 9.55 Å². The second kappa shape index (κ2) is 42.4. The number of amides is 18. The van der Waals surface area contributed by atoms with Crippen LogP contribution in [0.4, 0.5) is 28.8 Å². The average Bonchev–Trinajstić information content (AvgIpc) is 1.63. The Bertz CT molecular complexity index is 7770. The van der Waals surface area contributed by atoms with Crippen LogP contribution in [0.2, 0.25) is 0 Å². The largest absolute Gasteiger partial charge is 0.361 e. The number of hydrogen-bond acceptors (Lipinski definition) is 27. The molecule has 47 heteroatoms. The molecule has 148 heavy (non-hydrogen) atoms. The Morgan fingerprint density at radius 2 is 0.554 bits per heavy atom. The molecule has 8 aromatic heterocycles. The molecular weight excluding hydrogens is 1910 g/mol. The summed E-state index contributed by atoms with van der Waals surface area (Å²) < 4.78 is 8.80. The van der Waals surface area contributed by atoms with E-state index in [0.29, 0.717) is 21.8 Å². The fraction of sp³-hybridized carbons (Fsp3) is 0.0990. The standard InChI is InChI=1S/C21H15N5O3.C19H14N4O3.C17H14N6O3.C16H14N4O4.C15H12N4O4.C13H10N4O3/c27-19-16-6-1-2-7-17(16)20(28)26(19)25(21(29)24-10-9-22-13-24)12-14-11-23-18-8-4-3-5-15(14)18;24-17-15-8-4-5-9-16(15)18(25)23(17)22(12-14-6-2-1-3-7-14)19(26)21-11-10-20-13-21;1-20-10-19-8-12(20)9-22(17(26)21-7-6-18-11-21)23-15(24)13-4-2-3-5-14(13)16(23)25;1-11(21)6-8-19(16(24)18-9-7-17-10-18)20-14(22)12-4-2-3-5-13(12)15(20)23;1-10(20)8-18(15(23)17-7-6-16-9-17)19-13(21)11-4-2-3-5-12(11)14(19)22;1-15(13(20)16-7-6-14-8-16)17-11(18)9-4-2-3-5-10(9)12(17)19/h1-11,13,23H,12H2;1-11,13H,12H2;2-8,10-11H,9H2,1H3;2-5,7,9-10H,6,8H2,1H3;2-7,9H,8H2,1H3;2-8H,1H3. The lowest BCUT2D eigenvalue weighted by Crippen LogP contribution is -2.52. The molecule has 6 aliphatic heterocycles. The number of nitrogens with one attached hydrogen (secondary N) is 1. The Morgan fingerprint density at radius 1 is 0.284 bits per heavy atom. The maximum Gasteiger partial charge on any atom is 0.349 e. The first kappa shape index (κ1) is 98.4. The normalized spacial score (nSPS) is 13.2. The number of rotatable bonds is 17. The van der Waals surface area contributed by atoms with Gasteiger partial charge in [0, 0.05) is 112 Å². The van der Waals surface area contributed by atoms with Gasteiger partial charge in [-0.1, -0.05) is 121 Å². The summed E-state index contributed by atoms with van der Waals surface area (Å²) >= 11 is 0. The molecule has 0 radical (unpaired) electrons. The lowest BCUT2D eigenvalue weighted by molar-refractivity contribution is -0.119. The molecule has 0 spiro atoms. The summed E-state index contributed by atoms with van der Waals surface area (Å²) in [6.07, 6.45) is 29.9. The van der Waals surface area contributed by atoms with Gasteiger partial charge in [0.05, 0.1) is 111 Å². The van der Waals surface area contributed by atoms with Crippen LogP contribution >= 0.6 is 0 Å². The summed E-state index contributed by atoms with van der Waals surface area (Å²) in [4.78, 5) is 281. The minimum Gasteiger partial charge on any atom is -0.361 e. The van der Waals surface area contributed by atoms with Crippen LogP contribution in [0.5, 0.6) is 0 Å². The molecule has 8 aromatic carbocycles. The Hall–Kier alpha value is -21.2. The van der Waals surface area contributed by atoms with Crippen LogP contribution < -0.4 is 0 Å². The minimum atomic E-state index is -0.716. The number of aromatic amines is 1. The molecule has 0 saturated carbocycles. The summed E-state index contributed by atoms with van der Waals surface area (Å²) in [6, 6.07) is 51.9. The lowest BCUT2D eigenvalue weighted by Gasteiger charge is -2.29. The molecule has 18 amide bonds. The van der Waals surface area contributed by atoms with Crippen molar-refractivity contribution >= 4 is 130 Å². The molecule has 0 unspecified atom stereocenters. The van der Waals surface area contributed by atoms with Gasteiger partial charge in [-0.15, -0.1) is 0 Å². The van der Waals surface area contributed by atoms with E-state index in [1.807, 2.05) is 54.6 Å². The van der Waals surface area contributed by atoms with Gasteiger partial charge in [0.25, 0.3) is 70.9 Å². The first-order chi connectivity index (χ1) is 71.5. The fourth-order valence-electron chi connectivity index (χ4n) is 16.1. The number of para-hydroxylation sites is 1. The quantitative estimate of drug-likeness (QED) is 0.0828. The molecule has 738 valence electrons. The third-order valence-electron chi connectivity index (χ3n) is 23.3. The van der Waals surface area contributed by atoms with Crippen LogP contribution in [0.15, 0.2) is 331 Å². The van der Waals surface area contributed by atoms with E-state index in [1.165, 1.54) is 176 Å². The third kappa shape index (κ3) is 19.4. The monoisotopic (exact) mass is 1990 g/mol. The number of Topliss-reactive ketones (excluding diaryl/α,β-unsaturated/α-hetero) is 2. The number of imidazole rings is 7. The number of imide groups is 6. The molecular formula is C101H79N27O20. The predicted molar refractivity (Wildman–Crippen MR) is 512 cm³/mol. The van der Waals surface area contributed by atoms with Gasteiger partial charge in [0.1, 0.15) is 50.3 Å². The number of hydrogen-bond donors (Lipinski definition) is 1. The van der Waals surface area contributed by atoms with Crippen molar-refractivity contribution in [1.82, 2.24) is 132 Å². The summed E-state index contributed by atoms with van der Waals surface area (Å²) in [5.74, 6) is -7.18. The van der Waals surface area contributed by atoms with E-state index < -0.39 is 114 Å². The third-order valence-corrected chi connectivity index (χ3v) is 23.3. The van der Waals surface area contributed by atoms with Crippen molar-refractivity contribution in [3.8, 4) is 0 Å². The van der Waals surface area contributed by atoms with E-state index in [2.05, 4.69) is 39.9 Å². The molecule has 0 saturated heterocycles. The molecule has 0 aliphatic carbocycles. The summed E-state index contributed by atoms with van der Waals surface area (Å²) in [6.45, 7) is 2.27. The molecule has 0 atom stereocenters. The zero-order valence-electron chi connectivity index (χ0n) is 78.2. The number of aryl methyl sites for hydroxylation is 1. The summed E-state index contributed by atoms with van der Waals surface area (Å²) in [5.41, 5.74) is 6.25. The van der Waals surface area contributed by atoms with Crippen LogP contribution in [-0.4, -0.2) is 271 Å². The van der Waals surface area contributed by atoms with Crippen molar-refractivity contribution in [3.05, 3.63) is 415 Å². The predicted octanol–water partition coefficient (Wildman–Crippen LogP) is 10.2. The highest BCUT2D eigenvalue weighted by molar-refractivity contribution is 6.26. The van der Waals surface area contributed by atoms with Crippen molar-refractivity contribution in [2.24, 2.45) is 7.05 Å². The summed E-state index contributed by atoms with van der Waals surface area (Å²) in [7, 11) is 3.13. The number of benzene rings is 8. The second-order valence-electron chi connectivity index (χ2n) is 32.7. The number of aromatic nitrogens is 15. The van der Waals surface area contributed by atoms with Gasteiger partial charge in [0.2, 0.25) is 0 Å². The highest BCUT2D eigenvalue weighted by atomic mass is 16.3.